The lowest BCUT2D eigenvalue weighted by Crippen LogP contribution is -2.42. The summed E-state index contributed by atoms with van der Waals surface area (Å²) in [7, 11) is -3.59. The molecule has 1 amide bonds. The Bertz CT molecular complexity index is 648. The minimum Gasteiger partial charge on any atom is -0.507 e. The Hall–Kier alpha value is -1.67. The van der Waals surface area contributed by atoms with Crippen LogP contribution < -0.4 is 5.14 Å². The van der Waals surface area contributed by atoms with Gasteiger partial charge in [-0.05, 0) is 30.9 Å². The molecule has 1 aromatic carbocycles. The minimum absolute atomic E-state index is 0.00709. The summed E-state index contributed by atoms with van der Waals surface area (Å²) in [6.07, 6.45) is 1.34. The number of phenolic OH excluding ortho intramolecular Hbond substituents is 1. The molecule has 1 heterocycles. The van der Waals surface area contributed by atoms with Crippen LogP contribution in [0.2, 0.25) is 0 Å². The van der Waals surface area contributed by atoms with Gasteiger partial charge >= 0.3 is 0 Å². The predicted molar refractivity (Wildman–Crippen MR) is 74.7 cm³/mol. The topological polar surface area (TPSA) is 101 Å². The van der Waals surface area contributed by atoms with E-state index in [-0.39, 0.29) is 23.8 Å². The number of carbonyl (C=O) groups is 1. The molecule has 2 rings (SSSR count). The molecule has 8 heteroatoms. The summed E-state index contributed by atoms with van der Waals surface area (Å²) in [4.78, 5) is 13.8. The molecule has 0 bridgehead atoms. The van der Waals surface area contributed by atoms with Crippen LogP contribution in [0.1, 0.15) is 23.2 Å². The van der Waals surface area contributed by atoms with Crippen molar-refractivity contribution in [3.63, 3.8) is 0 Å². The molecule has 1 aliphatic heterocycles. The number of nitrogens with two attached hydrogens (primary N) is 1. The lowest BCUT2D eigenvalue weighted by atomic mass is 9.99. The molecule has 116 valence electrons. The maximum Gasteiger partial charge on any atom is 0.257 e. The molecular weight excluding hydrogens is 299 g/mol. The maximum absolute atomic E-state index is 12.9. The van der Waals surface area contributed by atoms with E-state index in [2.05, 4.69) is 0 Å². The number of hydrogen-bond acceptors (Lipinski definition) is 4. The zero-order valence-corrected chi connectivity index (χ0v) is 12.1. The number of benzene rings is 1. The van der Waals surface area contributed by atoms with Gasteiger partial charge in [-0.2, -0.15) is 0 Å². The van der Waals surface area contributed by atoms with E-state index in [1.807, 2.05) is 0 Å². The van der Waals surface area contributed by atoms with Crippen molar-refractivity contribution in [2.45, 2.75) is 12.8 Å². The highest BCUT2D eigenvalue weighted by atomic mass is 32.2. The fraction of sp³-hybridized carbons (Fsp3) is 0.462. The monoisotopic (exact) mass is 316 g/mol. The van der Waals surface area contributed by atoms with Gasteiger partial charge in [0.25, 0.3) is 5.91 Å². The Morgan fingerprint density at radius 2 is 2.19 bits per heavy atom. The Kier molecular flexibility index (Phi) is 4.48. The third-order valence-electron chi connectivity index (χ3n) is 3.46. The predicted octanol–water partition coefficient (Wildman–Crippen LogP) is 0.672. The summed E-state index contributed by atoms with van der Waals surface area (Å²) in [5.41, 5.74) is 0.00709. The first kappa shape index (κ1) is 15.7. The highest BCUT2D eigenvalue weighted by Crippen LogP contribution is 2.24. The van der Waals surface area contributed by atoms with E-state index in [1.54, 1.807) is 0 Å². The van der Waals surface area contributed by atoms with Gasteiger partial charge in [-0.15, -0.1) is 0 Å². The van der Waals surface area contributed by atoms with Gasteiger partial charge in [0, 0.05) is 19.2 Å². The quantitative estimate of drug-likeness (QED) is 0.856. The zero-order chi connectivity index (χ0) is 15.6. The molecule has 3 N–H and O–H groups in total. The molecule has 1 saturated heterocycles. The van der Waals surface area contributed by atoms with Gasteiger partial charge in [0.1, 0.15) is 11.6 Å². The van der Waals surface area contributed by atoms with E-state index in [0.29, 0.717) is 19.4 Å². The minimum atomic E-state index is -3.59. The molecule has 0 spiro atoms. The van der Waals surface area contributed by atoms with E-state index in [0.717, 1.165) is 12.1 Å². The van der Waals surface area contributed by atoms with Crippen LogP contribution in [0.15, 0.2) is 18.2 Å². The molecule has 0 saturated carbocycles. The molecule has 21 heavy (non-hydrogen) atoms. The Balaban J connectivity index is 2.12. The first-order valence-electron chi connectivity index (χ1n) is 6.54. The van der Waals surface area contributed by atoms with E-state index in [1.165, 1.54) is 11.0 Å². The summed E-state index contributed by atoms with van der Waals surface area (Å²) in [5, 5.41) is 14.7. The standard InChI is InChI=1S/C13H17FN2O4S/c14-10-3-4-11(12(17)6-10)13(18)16-5-1-2-9(7-16)8-21(15,19)20/h3-4,6,9,17H,1-2,5,7-8H2,(H2,15,19,20). The summed E-state index contributed by atoms with van der Waals surface area (Å²) < 4.78 is 35.2. The summed E-state index contributed by atoms with van der Waals surface area (Å²) in [6.45, 7) is 0.725. The third kappa shape index (κ3) is 4.15. The van der Waals surface area contributed by atoms with Gasteiger partial charge in [0.05, 0.1) is 11.3 Å². The number of carbonyl (C=O) groups excluding carboxylic acids is 1. The van der Waals surface area contributed by atoms with Crippen molar-refractivity contribution in [3.8, 4) is 5.75 Å². The van der Waals surface area contributed by atoms with Crippen LogP contribution in [-0.2, 0) is 10.0 Å². The number of phenols is 1. The molecule has 0 aliphatic carbocycles. The van der Waals surface area contributed by atoms with E-state index in [4.69, 9.17) is 5.14 Å². The van der Waals surface area contributed by atoms with Crippen LogP contribution in [0.4, 0.5) is 4.39 Å². The molecule has 6 nitrogen and oxygen atoms in total. The highest BCUT2D eigenvalue weighted by Gasteiger charge is 2.28. The smallest absolute Gasteiger partial charge is 0.257 e. The molecular formula is C13H17FN2O4S. The first-order valence-corrected chi connectivity index (χ1v) is 8.26. The Morgan fingerprint density at radius 1 is 1.48 bits per heavy atom. The number of primary sulfonamides is 1. The van der Waals surface area contributed by atoms with E-state index >= 15 is 0 Å². The van der Waals surface area contributed by atoms with Crippen molar-refractivity contribution < 1.29 is 22.7 Å². The number of likely N-dealkylation sites (tertiary alicyclic amines) is 1. The van der Waals surface area contributed by atoms with Crippen molar-refractivity contribution in [1.82, 2.24) is 4.90 Å². The third-order valence-corrected chi connectivity index (χ3v) is 4.40. The van der Waals surface area contributed by atoms with Crippen LogP contribution in [-0.4, -0.2) is 43.2 Å². The number of sulfonamides is 1. The number of hydrogen-bond donors (Lipinski definition) is 2. The van der Waals surface area contributed by atoms with Crippen molar-refractivity contribution in [2.24, 2.45) is 11.1 Å². The maximum atomic E-state index is 12.9. The van der Waals surface area contributed by atoms with Gasteiger partial charge in [0.2, 0.25) is 10.0 Å². The average Bonchev–Trinajstić information content (AvgIpc) is 2.36. The number of piperidine rings is 1. The summed E-state index contributed by atoms with van der Waals surface area (Å²) >= 11 is 0. The van der Waals surface area contributed by atoms with Crippen molar-refractivity contribution >= 4 is 15.9 Å². The summed E-state index contributed by atoms with van der Waals surface area (Å²) in [6, 6.07) is 3.19. The highest BCUT2D eigenvalue weighted by molar-refractivity contribution is 7.89. The van der Waals surface area contributed by atoms with E-state index in [9.17, 15) is 22.7 Å². The average molecular weight is 316 g/mol. The SMILES string of the molecule is NS(=O)(=O)CC1CCCN(C(=O)c2ccc(F)cc2O)C1. The Morgan fingerprint density at radius 3 is 2.81 bits per heavy atom. The van der Waals surface area contributed by atoms with Gasteiger partial charge in [-0.25, -0.2) is 17.9 Å². The fourth-order valence-electron chi connectivity index (χ4n) is 2.57. The zero-order valence-electron chi connectivity index (χ0n) is 11.3. The first-order chi connectivity index (χ1) is 9.76. The van der Waals surface area contributed by atoms with Crippen molar-refractivity contribution in [3.05, 3.63) is 29.6 Å². The van der Waals surface area contributed by atoms with Gasteiger partial charge < -0.3 is 10.0 Å². The number of amides is 1. The second-order valence-electron chi connectivity index (χ2n) is 5.25. The second-order valence-corrected chi connectivity index (χ2v) is 6.91. The second kappa shape index (κ2) is 5.98. The number of halogens is 1. The molecule has 1 unspecified atom stereocenters. The fourth-order valence-corrected chi connectivity index (χ4v) is 3.50. The van der Waals surface area contributed by atoms with Crippen LogP contribution in [0, 0.1) is 11.7 Å². The molecule has 0 aromatic heterocycles. The van der Waals surface area contributed by atoms with Crippen molar-refractivity contribution in [2.75, 3.05) is 18.8 Å². The van der Waals surface area contributed by atoms with Crippen LogP contribution in [0.5, 0.6) is 5.75 Å². The van der Waals surface area contributed by atoms with Crippen molar-refractivity contribution in [1.29, 1.82) is 0 Å². The summed E-state index contributed by atoms with van der Waals surface area (Å²) in [5.74, 6) is -1.89. The van der Waals surface area contributed by atoms with Gasteiger partial charge in [-0.1, -0.05) is 0 Å². The Labute approximate surface area is 122 Å². The largest absolute Gasteiger partial charge is 0.507 e. The molecule has 1 aromatic rings. The van der Waals surface area contributed by atoms with Gasteiger partial charge in [-0.3, -0.25) is 4.79 Å². The van der Waals surface area contributed by atoms with Crippen LogP contribution in [0.3, 0.4) is 0 Å². The van der Waals surface area contributed by atoms with E-state index < -0.39 is 27.5 Å². The number of aromatic hydroxyl groups is 1. The molecule has 1 atom stereocenters. The van der Waals surface area contributed by atoms with Gasteiger partial charge in [0.15, 0.2) is 0 Å². The molecule has 1 aliphatic rings. The van der Waals surface area contributed by atoms with Crippen LogP contribution >= 0.6 is 0 Å². The molecule has 1 fully saturated rings. The molecule has 0 radical (unpaired) electrons. The lowest BCUT2D eigenvalue weighted by Gasteiger charge is -2.32. The number of nitrogens with zero attached hydrogens (tertiary/aromatic N) is 1. The lowest BCUT2D eigenvalue weighted by molar-refractivity contribution is 0.0681. The van der Waals surface area contributed by atoms with Crippen LogP contribution in [0.25, 0.3) is 0 Å². The normalized spacial score (nSPS) is 19.5. The number of rotatable bonds is 3.